The predicted molar refractivity (Wildman–Crippen MR) is 103 cm³/mol. The van der Waals surface area contributed by atoms with Gasteiger partial charge in [-0.3, -0.25) is 24.5 Å². The molecule has 0 bridgehead atoms. The number of aromatic nitrogens is 2. The van der Waals surface area contributed by atoms with Gasteiger partial charge in [0.1, 0.15) is 17.9 Å². The number of aryl methyl sites for hydroxylation is 1. The van der Waals surface area contributed by atoms with Crippen LogP contribution in [-0.2, 0) is 11.3 Å². The normalized spacial score (nSPS) is 12.4. The molecule has 27 heavy (non-hydrogen) atoms. The van der Waals surface area contributed by atoms with Gasteiger partial charge in [0, 0.05) is 9.79 Å². The van der Waals surface area contributed by atoms with Crippen LogP contribution in [0.2, 0.25) is 0 Å². The molecule has 1 aliphatic heterocycles. The first kappa shape index (κ1) is 17.3. The molecule has 3 aromatic rings. The first-order valence-electron chi connectivity index (χ1n) is 8.34. The van der Waals surface area contributed by atoms with E-state index in [4.69, 9.17) is 0 Å². The van der Waals surface area contributed by atoms with E-state index in [9.17, 15) is 14.9 Å². The van der Waals surface area contributed by atoms with Gasteiger partial charge in [-0.25, -0.2) is 0 Å². The molecular formula is C19H16N4O3S. The van der Waals surface area contributed by atoms with Crippen LogP contribution in [0, 0.1) is 24.0 Å². The SMILES string of the molecule is Cc1nn(CC(=O)N2c3ccccc3Sc3ccccc32)c(C)c1[N+](=O)[O-]. The molecule has 1 amide bonds. The van der Waals surface area contributed by atoms with Gasteiger partial charge >= 0.3 is 5.69 Å². The molecule has 0 atom stereocenters. The number of nitro groups is 1. The minimum atomic E-state index is -0.458. The van der Waals surface area contributed by atoms with Crippen molar-refractivity contribution in [1.29, 1.82) is 0 Å². The van der Waals surface area contributed by atoms with E-state index in [-0.39, 0.29) is 18.1 Å². The van der Waals surface area contributed by atoms with Crippen molar-refractivity contribution in [3.63, 3.8) is 0 Å². The Hall–Kier alpha value is -3.13. The van der Waals surface area contributed by atoms with Crippen molar-refractivity contribution in [1.82, 2.24) is 9.78 Å². The summed E-state index contributed by atoms with van der Waals surface area (Å²) in [5.74, 6) is -0.198. The summed E-state index contributed by atoms with van der Waals surface area (Å²) in [6.07, 6.45) is 0. The topological polar surface area (TPSA) is 81.3 Å². The van der Waals surface area contributed by atoms with Gasteiger partial charge in [0.05, 0.1) is 16.3 Å². The van der Waals surface area contributed by atoms with E-state index >= 15 is 0 Å². The van der Waals surface area contributed by atoms with Crippen LogP contribution in [0.4, 0.5) is 17.1 Å². The third kappa shape index (κ3) is 2.87. The van der Waals surface area contributed by atoms with E-state index in [1.165, 1.54) is 4.68 Å². The molecule has 2 aromatic carbocycles. The van der Waals surface area contributed by atoms with E-state index in [1.54, 1.807) is 30.5 Å². The number of carbonyl (C=O) groups is 1. The van der Waals surface area contributed by atoms with Crippen molar-refractivity contribution in [2.24, 2.45) is 0 Å². The quantitative estimate of drug-likeness (QED) is 0.501. The van der Waals surface area contributed by atoms with Crippen molar-refractivity contribution in [3.8, 4) is 0 Å². The second-order valence-electron chi connectivity index (χ2n) is 6.20. The van der Waals surface area contributed by atoms with E-state index in [2.05, 4.69) is 5.10 Å². The first-order chi connectivity index (χ1) is 13.0. The third-order valence-corrected chi connectivity index (χ3v) is 5.62. The molecule has 0 saturated carbocycles. The number of hydrogen-bond acceptors (Lipinski definition) is 5. The average Bonchev–Trinajstić information content (AvgIpc) is 2.92. The van der Waals surface area contributed by atoms with Gasteiger partial charge in [-0.15, -0.1) is 0 Å². The minimum Gasteiger partial charge on any atom is -0.277 e. The van der Waals surface area contributed by atoms with Crippen molar-refractivity contribution >= 4 is 34.7 Å². The molecule has 2 heterocycles. The van der Waals surface area contributed by atoms with E-state index in [0.717, 1.165) is 21.2 Å². The van der Waals surface area contributed by atoms with E-state index < -0.39 is 4.92 Å². The van der Waals surface area contributed by atoms with Gasteiger partial charge in [-0.1, -0.05) is 36.0 Å². The highest BCUT2D eigenvalue weighted by Crippen LogP contribution is 2.47. The molecule has 1 aliphatic rings. The maximum atomic E-state index is 13.2. The summed E-state index contributed by atoms with van der Waals surface area (Å²) >= 11 is 1.62. The van der Waals surface area contributed by atoms with Crippen molar-refractivity contribution in [3.05, 3.63) is 70.0 Å². The van der Waals surface area contributed by atoms with Crippen LogP contribution in [-0.4, -0.2) is 20.6 Å². The maximum absolute atomic E-state index is 13.2. The molecule has 0 fully saturated rings. The smallest absolute Gasteiger partial charge is 0.277 e. The van der Waals surface area contributed by atoms with Gasteiger partial charge in [0.2, 0.25) is 0 Å². The lowest BCUT2D eigenvalue weighted by molar-refractivity contribution is -0.386. The second-order valence-corrected chi connectivity index (χ2v) is 7.28. The molecule has 8 heteroatoms. The summed E-state index contributed by atoms with van der Waals surface area (Å²) in [7, 11) is 0. The number of para-hydroxylation sites is 2. The fourth-order valence-corrected chi connectivity index (χ4v) is 4.34. The highest BCUT2D eigenvalue weighted by molar-refractivity contribution is 7.99. The van der Waals surface area contributed by atoms with E-state index in [1.807, 2.05) is 48.5 Å². The third-order valence-electron chi connectivity index (χ3n) is 4.49. The Kier molecular flexibility index (Phi) is 4.19. The monoisotopic (exact) mass is 380 g/mol. The van der Waals surface area contributed by atoms with Gasteiger partial charge in [0.15, 0.2) is 0 Å². The summed E-state index contributed by atoms with van der Waals surface area (Å²) in [5, 5.41) is 15.4. The Morgan fingerprint density at radius 1 is 1.07 bits per heavy atom. The van der Waals surface area contributed by atoms with Crippen molar-refractivity contribution in [2.45, 2.75) is 30.2 Å². The lowest BCUT2D eigenvalue weighted by Gasteiger charge is -2.31. The van der Waals surface area contributed by atoms with Gasteiger partial charge < -0.3 is 0 Å². The molecule has 0 spiro atoms. The number of carbonyl (C=O) groups excluding carboxylic acids is 1. The standard InChI is InChI=1S/C19H16N4O3S/c1-12-19(23(25)26)13(2)21(20-12)11-18(24)22-14-7-3-5-9-16(14)27-17-10-6-4-8-15(17)22/h3-10H,11H2,1-2H3. The van der Waals surface area contributed by atoms with Crippen LogP contribution in [0.15, 0.2) is 58.3 Å². The summed E-state index contributed by atoms with van der Waals surface area (Å²) in [6.45, 7) is 3.11. The number of anilines is 2. The highest BCUT2D eigenvalue weighted by atomic mass is 32.2. The number of fused-ring (bicyclic) bond motifs is 2. The Bertz CT molecular complexity index is 1030. The van der Waals surface area contributed by atoms with Crippen molar-refractivity contribution in [2.75, 3.05) is 4.90 Å². The van der Waals surface area contributed by atoms with E-state index in [0.29, 0.717) is 11.4 Å². The zero-order valence-corrected chi connectivity index (χ0v) is 15.6. The lowest BCUT2D eigenvalue weighted by Crippen LogP contribution is -2.32. The average molecular weight is 380 g/mol. The maximum Gasteiger partial charge on any atom is 0.312 e. The molecule has 7 nitrogen and oxygen atoms in total. The van der Waals surface area contributed by atoms with Gasteiger partial charge in [0.25, 0.3) is 5.91 Å². The summed E-state index contributed by atoms with van der Waals surface area (Å²) < 4.78 is 1.41. The van der Waals surface area contributed by atoms with Crippen LogP contribution in [0.1, 0.15) is 11.4 Å². The first-order valence-corrected chi connectivity index (χ1v) is 9.16. The molecule has 1 aromatic heterocycles. The minimum absolute atomic E-state index is 0.0437. The van der Waals surface area contributed by atoms with Crippen LogP contribution >= 0.6 is 11.8 Å². The zero-order chi connectivity index (χ0) is 19.1. The molecule has 0 unspecified atom stereocenters. The second kappa shape index (κ2) is 6.55. The molecule has 0 aliphatic carbocycles. The predicted octanol–water partition coefficient (Wildman–Crippen LogP) is 4.24. The van der Waals surface area contributed by atoms with Crippen LogP contribution in [0.3, 0.4) is 0 Å². The van der Waals surface area contributed by atoms with Crippen LogP contribution in [0.5, 0.6) is 0 Å². The fourth-order valence-electron chi connectivity index (χ4n) is 3.28. The summed E-state index contributed by atoms with van der Waals surface area (Å²) in [4.78, 5) is 27.6. The molecule has 0 radical (unpaired) electrons. The van der Waals surface area contributed by atoms with Gasteiger partial charge in [-0.2, -0.15) is 5.10 Å². The molecular weight excluding hydrogens is 364 g/mol. The summed E-state index contributed by atoms with van der Waals surface area (Å²) in [5.41, 5.74) is 2.25. The van der Waals surface area contributed by atoms with Crippen LogP contribution in [0.25, 0.3) is 0 Å². The Morgan fingerprint density at radius 2 is 1.63 bits per heavy atom. The number of nitrogens with zero attached hydrogens (tertiary/aromatic N) is 4. The Labute approximate surface area is 159 Å². The fraction of sp³-hybridized carbons (Fsp3) is 0.158. The lowest BCUT2D eigenvalue weighted by atomic mass is 10.2. The number of amides is 1. The Balaban J connectivity index is 1.75. The molecule has 136 valence electrons. The van der Waals surface area contributed by atoms with Crippen LogP contribution < -0.4 is 4.90 Å². The largest absolute Gasteiger partial charge is 0.312 e. The van der Waals surface area contributed by atoms with Gasteiger partial charge in [-0.05, 0) is 38.1 Å². The Morgan fingerprint density at radius 3 is 2.15 bits per heavy atom. The molecule has 0 saturated heterocycles. The number of benzene rings is 2. The van der Waals surface area contributed by atoms with Crippen molar-refractivity contribution < 1.29 is 9.72 Å². The molecule has 0 N–H and O–H groups in total. The number of rotatable bonds is 3. The number of hydrogen-bond donors (Lipinski definition) is 0. The summed E-state index contributed by atoms with van der Waals surface area (Å²) in [6, 6.07) is 15.4. The zero-order valence-electron chi connectivity index (χ0n) is 14.7. The molecule has 4 rings (SSSR count). The highest BCUT2D eigenvalue weighted by Gasteiger charge is 2.30.